The summed E-state index contributed by atoms with van der Waals surface area (Å²) in [7, 11) is 0. The first kappa shape index (κ1) is 15.3. The van der Waals surface area contributed by atoms with Crippen LogP contribution in [-0.2, 0) is 0 Å². The van der Waals surface area contributed by atoms with Crippen molar-refractivity contribution in [3.05, 3.63) is 39.4 Å². The number of nitro benzene ring substituents is 1. The van der Waals surface area contributed by atoms with Gasteiger partial charge in [0.1, 0.15) is 5.82 Å². The summed E-state index contributed by atoms with van der Waals surface area (Å²) in [5, 5.41) is 13.2. The highest BCUT2D eigenvalue weighted by atomic mass is 19.1. The van der Waals surface area contributed by atoms with Crippen LogP contribution in [-0.4, -0.2) is 22.9 Å². The Kier molecular flexibility index (Phi) is 3.91. The van der Waals surface area contributed by atoms with E-state index < -0.39 is 39.3 Å². The number of hydrogen-bond acceptors (Lipinski definition) is 4. The van der Waals surface area contributed by atoms with Crippen molar-refractivity contribution >= 4 is 11.6 Å². The molecule has 1 atom stereocenters. The number of carbonyl (C=O) groups is 1. The molecular weight excluding hydrogens is 284 g/mol. The van der Waals surface area contributed by atoms with E-state index >= 15 is 0 Å². The number of benzene rings is 1. The second kappa shape index (κ2) is 5.36. The summed E-state index contributed by atoms with van der Waals surface area (Å²) in [5.41, 5.74) is 3.14. The van der Waals surface area contributed by atoms with E-state index in [-0.39, 0.29) is 12.5 Å². The molecule has 2 rings (SSSR count). The van der Waals surface area contributed by atoms with Gasteiger partial charge in [0.15, 0.2) is 0 Å². The van der Waals surface area contributed by atoms with E-state index in [1.165, 1.54) is 0 Å². The van der Waals surface area contributed by atoms with Crippen LogP contribution in [0, 0.1) is 27.7 Å². The summed E-state index contributed by atoms with van der Waals surface area (Å²) < 4.78 is 27.3. The Morgan fingerprint density at radius 1 is 1.52 bits per heavy atom. The third kappa shape index (κ3) is 2.99. The van der Waals surface area contributed by atoms with E-state index in [0.717, 1.165) is 12.8 Å². The summed E-state index contributed by atoms with van der Waals surface area (Å²) in [6.07, 6.45) is 1.78. The smallest absolute Gasteiger partial charge is 0.308 e. The molecule has 1 unspecified atom stereocenters. The molecule has 1 aliphatic rings. The maximum Gasteiger partial charge on any atom is 0.308 e. The number of hydrogen-bond donors (Lipinski definition) is 2. The standard InChI is InChI=1S/C13H15F2N3O3/c1-13(6-16,7-2-3-7)17-12(19)9-4-8(14)5-10(11(9)15)18(20)21/h4-5,7H,2-3,6,16H2,1H3,(H,17,19). The molecule has 0 aromatic heterocycles. The molecule has 0 aliphatic heterocycles. The zero-order valence-electron chi connectivity index (χ0n) is 11.4. The number of nitrogens with one attached hydrogen (secondary N) is 1. The monoisotopic (exact) mass is 299 g/mol. The summed E-state index contributed by atoms with van der Waals surface area (Å²) in [4.78, 5) is 21.7. The van der Waals surface area contributed by atoms with Crippen molar-refractivity contribution in [1.82, 2.24) is 5.32 Å². The van der Waals surface area contributed by atoms with Crippen molar-refractivity contribution in [3.63, 3.8) is 0 Å². The van der Waals surface area contributed by atoms with Crippen LogP contribution in [0.5, 0.6) is 0 Å². The average Bonchev–Trinajstić information content (AvgIpc) is 3.25. The fraction of sp³-hybridized carbons (Fsp3) is 0.462. The van der Waals surface area contributed by atoms with Gasteiger partial charge in [-0.15, -0.1) is 0 Å². The van der Waals surface area contributed by atoms with Gasteiger partial charge in [-0.2, -0.15) is 4.39 Å². The Morgan fingerprint density at radius 2 is 2.14 bits per heavy atom. The molecule has 1 fully saturated rings. The van der Waals surface area contributed by atoms with Gasteiger partial charge in [-0.3, -0.25) is 14.9 Å². The minimum absolute atomic E-state index is 0.141. The van der Waals surface area contributed by atoms with E-state index in [1.54, 1.807) is 6.92 Å². The van der Waals surface area contributed by atoms with Crippen molar-refractivity contribution in [3.8, 4) is 0 Å². The summed E-state index contributed by atoms with van der Waals surface area (Å²) in [5.74, 6) is -3.13. The Hall–Kier alpha value is -2.09. The molecule has 8 heteroatoms. The lowest BCUT2D eigenvalue weighted by Crippen LogP contribution is -2.53. The molecule has 1 saturated carbocycles. The minimum atomic E-state index is -1.35. The lowest BCUT2D eigenvalue weighted by atomic mass is 9.95. The van der Waals surface area contributed by atoms with Gasteiger partial charge in [0.05, 0.1) is 22.1 Å². The topological polar surface area (TPSA) is 98.3 Å². The molecule has 114 valence electrons. The summed E-state index contributed by atoms with van der Waals surface area (Å²) >= 11 is 0. The summed E-state index contributed by atoms with van der Waals surface area (Å²) in [6, 6.07) is 1.08. The van der Waals surface area contributed by atoms with Crippen molar-refractivity contribution < 1.29 is 18.5 Å². The van der Waals surface area contributed by atoms with Gasteiger partial charge in [0.2, 0.25) is 5.82 Å². The Labute approximate surface area is 119 Å². The predicted molar refractivity (Wildman–Crippen MR) is 70.7 cm³/mol. The van der Waals surface area contributed by atoms with Crippen LogP contribution in [0.4, 0.5) is 14.5 Å². The number of carbonyl (C=O) groups excluding carboxylic acids is 1. The lowest BCUT2D eigenvalue weighted by Gasteiger charge is -2.29. The van der Waals surface area contributed by atoms with Crippen molar-refractivity contribution in [2.24, 2.45) is 11.7 Å². The second-order valence-corrected chi connectivity index (χ2v) is 5.39. The van der Waals surface area contributed by atoms with Crippen LogP contribution >= 0.6 is 0 Å². The molecule has 0 spiro atoms. The van der Waals surface area contributed by atoms with Crippen LogP contribution in [0.2, 0.25) is 0 Å². The van der Waals surface area contributed by atoms with Gasteiger partial charge in [-0.1, -0.05) is 0 Å². The molecule has 1 aliphatic carbocycles. The molecular formula is C13H15F2N3O3. The van der Waals surface area contributed by atoms with E-state index in [4.69, 9.17) is 5.73 Å². The van der Waals surface area contributed by atoms with Crippen LogP contribution in [0.1, 0.15) is 30.1 Å². The van der Waals surface area contributed by atoms with E-state index in [1.807, 2.05) is 0 Å². The highest BCUT2D eigenvalue weighted by Gasteiger charge is 2.42. The number of nitrogens with two attached hydrogens (primary N) is 1. The number of nitrogens with zero attached hydrogens (tertiary/aromatic N) is 1. The molecule has 0 bridgehead atoms. The molecule has 1 amide bonds. The third-order valence-electron chi connectivity index (χ3n) is 3.76. The van der Waals surface area contributed by atoms with Crippen LogP contribution < -0.4 is 11.1 Å². The fourth-order valence-electron chi connectivity index (χ4n) is 2.24. The zero-order valence-corrected chi connectivity index (χ0v) is 11.4. The van der Waals surface area contributed by atoms with Crippen LogP contribution in [0.3, 0.4) is 0 Å². The van der Waals surface area contributed by atoms with Gasteiger partial charge >= 0.3 is 5.69 Å². The second-order valence-electron chi connectivity index (χ2n) is 5.39. The van der Waals surface area contributed by atoms with Crippen molar-refractivity contribution in [2.45, 2.75) is 25.3 Å². The zero-order chi connectivity index (χ0) is 15.8. The maximum absolute atomic E-state index is 13.9. The molecule has 0 radical (unpaired) electrons. The van der Waals surface area contributed by atoms with E-state index in [9.17, 15) is 23.7 Å². The molecule has 6 nitrogen and oxygen atoms in total. The normalized spacial score (nSPS) is 17.1. The Balaban J connectivity index is 2.33. The summed E-state index contributed by atoms with van der Waals surface area (Å²) in [6.45, 7) is 1.86. The van der Waals surface area contributed by atoms with Crippen molar-refractivity contribution in [1.29, 1.82) is 0 Å². The largest absolute Gasteiger partial charge is 0.345 e. The predicted octanol–water partition coefficient (Wildman–Crippen LogP) is 1.73. The molecule has 1 aromatic rings. The highest BCUT2D eigenvalue weighted by Crippen LogP contribution is 2.39. The van der Waals surface area contributed by atoms with E-state index in [2.05, 4.69) is 5.32 Å². The molecule has 0 saturated heterocycles. The van der Waals surface area contributed by atoms with Gasteiger partial charge in [0.25, 0.3) is 5.91 Å². The van der Waals surface area contributed by atoms with Crippen molar-refractivity contribution in [2.75, 3.05) is 6.54 Å². The fourth-order valence-corrected chi connectivity index (χ4v) is 2.24. The van der Waals surface area contributed by atoms with Gasteiger partial charge < -0.3 is 11.1 Å². The van der Waals surface area contributed by atoms with Gasteiger partial charge in [0, 0.05) is 6.54 Å². The first-order valence-corrected chi connectivity index (χ1v) is 6.44. The quantitative estimate of drug-likeness (QED) is 0.639. The number of rotatable bonds is 5. The van der Waals surface area contributed by atoms with Crippen LogP contribution in [0.15, 0.2) is 12.1 Å². The molecule has 3 N–H and O–H groups in total. The molecule has 0 heterocycles. The molecule has 21 heavy (non-hydrogen) atoms. The highest BCUT2D eigenvalue weighted by molar-refractivity contribution is 5.95. The third-order valence-corrected chi connectivity index (χ3v) is 3.76. The lowest BCUT2D eigenvalue weighted by molar-refractivity contribution is -0.387. The first-order chi connectivity index (χ1) is 9.78. The SMILES string of the molecule is CC(CN)(NC(=O)c1cc(F)cc([N+](=O)[O-])c1F)C1CC1. The Morgan fingerprint density at radius 3 is 2.62 bits per heavy atom. The number of amides is 1. The number of nitro groups is 1. The van der Waals surface area contributed by atoms with Crippen LogP contribution in [0.25, 0.3) is 0 Å². The molecule has 1 aromatic carbocycles. The number of halogens is 2. The minimum Gasteiger partial charge on any atom is -0.345 e. The average molecular weight is 299 g/mol. The van der Waals surface area contributed by atoms with E-state index in [0.29, 0.717) is 12.1 Å². The first-order valence-electron chi connectivity index (χ1n) is 6.44. The van der Waals surface area contributed by atoms with Gasteiger partial charge in [-0.05, 0) is 31.7 Å². The van der Waals surface area contributed by atoms with Gasteiger partial charge in [-0.25, -0.2) is 4.39 Å². The maximum atomic E-state index is 13.9. The Bertz CT molecular complexity index is 605.